The van der Waals surface area contributed by atoms with Gasteiger partial charge in [0, 0.05) is 32.1 Å². The highest BCUT2D eigenvalue weighted by molar-refractivity contribution is 5.60. The molecule has 0 N–H and O–H groups in total. The Morgan fingerprint density at radius 3 is 2.16 bits per heavy atom. The minimum Gasteiger partial charge on any atom is -0.493 e. The first-order chi connectivity index (χ1) is 15.6. The highest BCUT2D eigenvalue weighted by Gasteiger charge is 2.11. The molecule has 32 heavy (non-hydrogen) atoms. The largest absolute Gasteiger partial charge is 0.493 e. The minimum absolute atomic E-state index is 0.512. The molecule has 0 radical (unpaired) electrons. The van der Waals surface area contributed by atoms with Crippen LogP contribution in [-0.4, -0.2) is 29.0 Å². The maximum atomic E-state index is 6.09. The molecule has 7 heteroatoms. The van der Waals surface area contributed by atoms with Gasteiger partial charge in [0.2, 0.25) is 11.7 Å². The molecule has 0 aliphatic heterocycles. The molecule has 0 amide bonds. The molecule has 3 aromatic rings. The minimum atomic E-state index is 0.512. The van der Waals surface area contributed by atoms with Gasteiger partial charge < -0.3 is 18.5 Å². The third-order valence-electron chi connectivity index (χ3n) is 5.46. The molecule has 0 atom stereocenters. The summed E-state index contributed by atoms with van der Waals surface area (Å²) in [5.41, 5.74) is 4.03. The Labute approximate surface area is 190 Å². The smallest absolute Gasteiger partial charge is 0.223 e. The van der Waals surface area contributed by atoms with Gasteiger partial charge in [-0.3, -0.25) is 0 Å². The topological polar surface area (TPSA) is 83.4 Å². The van der Waals surface area contributed by atoms with Gasteiger partial charge in [0.05, 0.1) is 13.2 Å². The van der Waals surface area contributed by atoms with E-state index in [1.807, 2.05) is 6.07 Å². The van der Waals surface area contributed by atoms with Crippen LogP contribution in [0.5, 0.6) is 5.75 Å². The van der Waals surface area contributed by atoms with Crippen LogP contribution in [0.1, 0.15) is 73.4 Å². The summed E-state index contributed by atoms with van der Waals surface area (Å²) in [4.78, 5) is 4.31. The lowest BCUT2D eigenvalue weighted by Crippen LogP contribution is -2.01. The molecule has 1 aromatic carbocycles. The van der Waals surface area contributed by atoms with Crippen LogP contribution in [0.25, 0.3) is 11.4 Å². The van der Waals surface area contributed by atoms with E-state index < -0.39 is 0 Å². The highest BCUT2D eigenvalue weighted by atomic mass is 16.5. The van der Waals surface area contributed by atoms with Crippen molar-refractivity contribution >= 4 is 0 Å². The fourth-order valence-electron chi connectivity index (χ4n) is 3.87. The van der Waals surface area contributed by atoms with Crippen molar-refractivity contribution in [2.24, 2.45) is 0 Å². The van der Waals surface area contributed by atoms with E-state index in [0.717, 1.165) is 59.8 Å². The number of rotatable bonds is 14. The molecule has 0 bridgehead atoms. The first-order valence-corrected chi connectivity index (χ1v) is 11.5. The zero-order valence-corrected chi connectivity index (χ0v) is 19.8. The summed E-state index contributed by atoms with van der Waals surface area (Å²) >= 11 is 0. The lowest BCUT2D eigenvalue weighted by molar-refractivity contribution is 0.177. The van der Waals surface area contributed by atoms with Gasteiger partial charge in [0.15, 0.2) is 0 Å². The monoisotopic (exact) mass is 441 g/mol. The number of ether oxygens (including phenoxy) is 2. The maximum Gasteiger partial charge on any atom is 0.223 e. The molecular formula is C25H35N3O4. The summed E-state index contributed by atoms with van der Waals surface area (Å²) in [5.74, 6) is 3.12. The van der Waals surface area contributed by atoms with E-state index >= 15 is 0 Å². The summed E-state index contributed by atoms with van der Waals surface area (Å²) in [5, 5.41) is 8.00. The van der Waals surface area contributed by atoms with Gasteiger partial charge in [-0.1, -0.05) is 42.4 Å². The first-order valence-electron chi connectivity index (χ1n) is 11.5. The standard InChI is InChI=1S/C25H35N3O4/c1-18-14-21(25-26-20(3)31-28-25)15-19(2)24(18)30-13-11-9-7-5-6-8-10-12-23-16-22(17-29-4)27-32-23/h14-16H,5-13,17H2,1-4H3. The number of aromatic nitrogens is 3. The maximum absolute atomic E-state index is 6.09. The van der Waals surface area contributed by atoms with Gasteiger partial charge in [-0.25, -0.2) is 0 Å². The van der Waals surface area contributed by atoms with E-state index in [2.05, 4.69) is 41.3 Å². The zero-order chi connectivity index (χ0) is 22.8. The number of benzene rings is 1. The van der Waals surface area contributed by atoms with Crippen molar-refractivity contribution in [1.29, 1.82) is 0 Å². The van der Waals surface area contributed by atoms with Crippen LogP contribution < -0.4 is 4.74 Å². The number of unbranched alkanes of at least 4 members (excludes halogenated alkanes) is 6. The molecule has 0 saturated carbocycles. The van der Waals surface area contributed by atoms with E-state index in [1.165, 1.54) is 32.1 Å². The third-order valence-corrected chi connectivity index (χ3v) is 5.46. The summed E-state index contributed by atoms with van der Waals surface area (Å²) in [6.07, 6.45) is 9.36. The molecular weight excluding hydrogens is 406 g/mol. The predicted molar refractivity (Wildman–Crippen MR) is 123 cm³/mol. The molecule has 0 aliphatic rings. The summed E-state index contributed by atoms with van der Waals surface area (Å²) in [6.45, 7) is 7.19. The van der Waals surface area contributed by atoms with Crippen LogP contribution in [0, 0.1) is 20.8 Å². The van der Waals surface area contributed by atoms with Crippen molar-refractivity contribution in [3.05, 3.63) is 46.7 Å². The van der Waals surface area contributed by atoms with E-state index in [1.54, 1.807) is 14.0 Å². The Kier molecular flexibility index (Phi) is 9.28. The van der Waals surface area contributed by atoms with Crippen LogP contribution in [-0.2, 0) is 17.8 Å². The first kappa shape index (κ1) is 24.0. The average molecular weight is 442 g/mol. The van der Waals surface area contributed by atoms with Gasteiger partial charge >= 0.3 is 0 Å². The lowest BCUT2D eigenvalue weighted by atomic mass is 10.1. The van der Waals surface area contributed by atoms with Crippen LogP contribution >= 0.6 is 0 Å². The van der Waals surface area contributed by atoms with Crippen LogP contribution in [0.15, 0.2) is 27.2 Å². The number of hydrogen-bond acceptors (Lipinski definition) is 7. The van der Waals surface area contributed by atoms with E-state index in [9.17, 15) is 0 Å². The molecule has 2 aromatic heterocycles. The normalized spacial score (nSPS) is 11.2. The third kappa shape index (κ3) is 7.19. The molecule has 0 saturated heterocycles. The number of nitrogens with zero attached hydrogens (tertiary/aromatic N) is 3. The predicted octanol–water partition coefficient (Wildman–Crippen LogP) is 6.15. The quantitative estimate of drug-likeness (QED) is 0.277. The van der Waals surface area contributed by atoms with E-state index in [-0.39, 0.29) is 0 Å². The molecule has 0 fully saturated rings. The molecule has 3 rings (SSSR count). The number of aryl methyl sites for hydroxylation is 4. The molecule has 0 unspecified atom stereocenters. The Morgan fingerprint density at radius 2 is 1.50 bits per heavy atom. The fourth-order valence-corrected chi connectivity index (χ4v) is 3.87. The molecule has 7 nitrogen and oxygen atoms in total. The van der Waals surface area contributed by atoms with Crippen molar-refractivity contribution in [3.8, 4) is 17.1 Å². The van der Waals surface area contributed by atoms with Gasteiger partial charge in [-0.2, -0.15) is 4.98 Å². The Hall–Kier alpha value is -2.67. The second kappa shape index (κ2) is 12.4. The van der Waals surface area contributed by atoms with Crippen molar-refractivity contribution in [1.82, 2.24) is 15.3 Å². The second-order valence-electron chi connectivity index (χ2n) is 8.37. The van der Waals surface area contributed by atoms with Crippen molar-refractivity contribution in [2.45, 2.75) is 78.7 Å². The molecule has 174 valence electrons. The van der Waals surface area contributed by atoms with Crippen LogP contribution in [0.2, 0.25) is 0 Å². The van der Waals surface area contributed by atoms with Crippen molar-refractivity contribution in [3.63, 3.8) is 0 Å². The SMILES string of the molecule is COCc1cc(CCCCCCCCCOc2c(C)cc(-c3noc(C)n3)cc2C)on1. The Balaban J connectivity index is 1.26. The lowest BCUT2D eigenvalue weighted by Gasteiger charge is -2.13. The fraction of sp³-hybridized carbons (Fsp3) is 0.560. The number of methoxy groups -OCH3 is 1. The molecule has 0 aliphatic carbocycles. The highest BCUT2D eigenvalue weighted by Crippen LogP contribution is 2.29. The molecule has 0 spiro atoms. The Bertz CT molecular complexity index is 941. The van der Waals surface area contributed by atoms with Gasteiger partial charge in [0.25, 0.3) is 0 Å². The van der Waals surface area contributed by atoms with Crippen molar-refractivity contribution < 1.29 is 18.5 Å². The summed E-state index contributed by atoms with van der Waals surface area (Å²) in [6, 6.07) is 6.11. The number of hydrogen-bond donors (Lipinski definition) is 0. The van der Waals surface area contributed by atoms with E-state index in [4.69, 9.17) is 18.5 Å². The van der Waals surface area contributed by atoms with Crippen LogP contribution in [0.3, 0.4) is 0 Å². The van der Waals surface area contributed by atoms with Gasteiger partial charge in [-0.15, -0.1) is 0 Å². The van der Waals surface area contributed by atoms with Crippen LogP contribution in [0.4, 0.5) is 0 Å². The Morgan fingerprint density at radius 1 is 0.812 bits per heavy atom. The van der Waals surface area contributed by atoms with Crippen molar-refractivity contribution in [2.75, 3.05) is 13.7 Å². The zero-order valence-electron chi connectivity index (χ0n) is 19.8. The van der Waals surface area contributed by atoms with Gasteiger partial charge in [-0.05, 0) is 49.9 Å². The summed E-state index contributed by atoms with van der Waals surface area (Å²) < 4.78 is 21.6. The van der Waals surface area contributed by atoms with E-state index in [0.29, 0.717) is 18.3 Å². The average Bonchev–Trinajstić information content (AvgIpc) is 3.40. The summed E-state index contributed by atoms with van der Waals surface area (Å²) in [7, 11) is 1.67. The van der Waals surface area contributed by atoms with Gasteiger partial charge in [0.1, 0.15) is 17.2 Å². The molecule has 2 heterocycles. The second-order valence-corrected chi connectivity index (χ2v) is 8.37.